The van der Waals surface area contributed by atoms with Crippen molar-refractivity contribution in [3.05, 3.63) is 34.5 Å². The fraction of sp³-hybridized carbons (Fsp3) is 0. The maximum absolute atomic E-state index is 10.5. The summed E-state index contributed by atoms with van der Waals surface area (Å²) in [7, 11) is 0. The molecule has 0 aliphatic rings. The maximum atomic E-state index is 10.5. The number of phenols is 1. The number of nitrogens with one attached hydrogen (secondary N) is 1. The van der Waals surface area contributed by atoms with E-state index in [-0.39, 0.29) is 11.4 Å². The van der Waals surface area contributed by atoms with E-state index in [2.05, 4.69) is 4.98 Å². The van der Waals surface area contributed by atoms with E-state index in [0.29, 0.717) is 10.9 Å². The summed E-state index contributed by atoms with van der Waals surface area (Å²) in [4.78, 5) is 12.7. The summed E-state index contributed by atoms with van der Waals surface area (Å²) in [6, 6.07) is 4.38. The van der Waals surface area contributed by atoms with Crippen molar-refractivity contribution in [1.29, 1.82) is 0 Å². The molecule has 13 heavy (non-hydrogen) atoms. The topological polar surface area (TPSA) is 79.2 Å². The molecule has 1 heterocycles. The standard InChI is InChI=1S/C8H6N2O3/c11-5-1-2-6-7(3-5)9-4-8(6)10(12)13/h1-4,9,11H. The largest absolute Gasteiger partial charge is 0.508 e. The van der Waals surface area contributed by atoms with Crippen LogP contribution in [0.5, 0.6) is 5.75 Å². The smallest absolute Gasteiger partial charge is 0.294 e. The fourth-order valence-corrected chi connectivity index (χ4v) is 1.25. The average molecular weight is 178 g/mol. The number of phenolic OH excluding ortho intramolecular Hbond substituents is 1. The third-order valence-electron chi connectivity index (χ3n) is 1.84. The number of hydrogen-bond donors (Lipinski definition) is 2. The number of benzene rings is 1. The second-order valence-corrected chi connectivity index (χ2v) is 2.66. The Labute approximate surface area is 72.8 Å². The normalized spacial score (nSPS) is 10.5. The molecule has 0 aliphatic heterocycles. The molecule has 5 nitrogen and oxygen atoms in total. The van der Waals surface area contributed by atoms with E-state index < -0.39 is 4.92 Å². The van der Waals surface area contributed by atoms with E-state index in [9.17, 15) is 10.1 Å². The third kappa shape index (κ3) is 1.10. The molecule has 0 unspecified atom stereocenters. The minimum Gasteiger partial charge on any atom is -0.508 e. The molecule has 0 saturated heterocycles. The lowest BCUT2D eigenvalue weighted by Gasteiger charge is -1.91. The van der Waals surface area contributed by atoms with Crippen LogP contribution in [0, 0.1) is 10.1 Å². The Balaban J connectivity index is 2.76. The predicted octanol–water partition coefficient (Wildman–Crippen LogP) is 1.78. The summed E-state index contributed by atoms with van der Waals surface area (Å²) in [5.41, 5.74) is 0.585. The van der Waals surface area contributed by atoms with Gasteiger partial charge in [-0.25, -0.2) is 0 Å². The first-order chi connectivity index (χ1) is 6.18. The Bertz CT molecular complexity index is 475. The molecule has 2 rings (SSSR count). The van der Waals surface area contributed by atoms with E-state index in [1.165, 1.54) is 24.4 Å². The first kappa shape index (κ1) is 7.60. The number of fused-ring (bicyclic) bond motifs is 1. The van der Waals surface area contributed by atoms with E-state index in [1.807, 2.05) is 0 Å². The van der Waals surface area contributed by atoms with Crippen LogP contribution in [0.3, 0.4) is 0 Å². The van der Waals surface area contributed by atoms with E-state index in [0.717, 1.165) is 0 Å². The van der Waals surface area contributed by atoms with Gasteiger partial charge in [0.2, 0.25) is 0 Å². The van der Waals surface area contributed by atoms with Crippen LogP contribution in [0.1, 0.15) is 0 Å². The van der Waals surface area contributed by atoms with Gasteiger partial charge in [0.15, 0.2) is 0 Å². The summed E-state index contributed by atoms with van der Waals surface area (Å²) in [6.45, 7) is 0. The number of aromatic hydroxyl groups is 1. The predicted molar refractivity (Wildman–Crippen MR) is 46.6 cm³/mol. The highest BCUT2D eigenvalue weighted by Gasteiger charge is 2.12. The quantitative estimate of drug-likeness (QED) is 0.516. The van der Waals surface area contributed by atoms with E-state index in [4.69, 9.17) is 5.11 Å². The molecule has 1 aromatic carbocycles. The van der Waals surface area contributed by atoms with Crippen LogP contribution >= 0.6 is 0 Å². The van der Waals surface area contributed by atoms with Gasteiger partial charge in [0, 0.05) is 6.07 Å². The summed E-state index contributed by atoms with van der Waals surface area (Å²) >= 11 is 0. The van der Waals surface area contributed by atoms with Crippen LogP contribution in [0.15, 0.2) is 24.4 Å². The van der Waals surface area contributed by atoms with E-state index in [1.54, 1.807) is 0 Å². The first-order valence-corrected chi connectivity index (χ1v) is 3.63. The van der Waals surface area contributed by atoms with Crippen LogP contribution in [0.2, 0.25) is 0 Å². The van der Waals surface area contributed by atoms with Gasteiger partial charge in [-0.1, -0.05) is 0 Å². The lowest BCUT2D eigenvalue weighted by molar-refractivity contribution is -0.383. The molecule has 0 amide bonds. The minimum absolute atomic E-state index is 0.0231. The van der Waals surface area contributed by atoms with Crippen molar-refractivity contribution in [2.45, 2.75) is 0 Å². The van der Waals surface area contributed by atoms with Gasteiger partial charge in [0.25, 0.3) is 5.69 Å². The molecule has 66 valence electrons. The molecule has 0 spiro atoms. The molecule has 0 atom stereocenters. The lowest BCUT2D eigenvalue weighted by Crippen LogP contribution is -1.84. The number of nitro groups is 1. The lowest BCUT2D eigenvalue weighted by atomic mass is 10.2. The minimum atomic E-state index is -0.462. The Hall–Kier alpha value is -2.04. The summed E-state index contributed by atoms with van der Waals surface area (Å²) in [5, 5.41) is 20.1. The van der Waals surface area contributed by atoms with Crippen molar-refractivity contribution in [1.82, 2.24) is 4.98 Å². The van der Waals surface area contributed by atoms with Crippen LogP contribution in [-0.4, -0.2) is 15.0 Å². The van der Waals surface area contributed by atoms with Gasteiger partial charge in [-0.2, -0.15) is 0 Å². The molecule has 0 aliphatic carbocycles. The zero-order valence-electron chi connectivity index (χ0n) is 6.52. The van der Waals surface area contributed by atoms with Crippen molar-refractivity contribution in [2.24, 2.45) is 0 Å². The highest BCUT2D eigenvalue weighted by Crippen LogP contribution is 2.27. The van der Waals surface area contributed by atoms with Gasteiger partial charge in [0.05, 0.1) is 22.0 Å². The SMILES string of the molecule is O=[N+]([O-])c1c[nH]c2cc(O)ccc12. The van der Waals surface area contributed by atoms with Gasteiger partial charge in [-0.05, 0) is 12.1 Å². The first-order valence-electron chi connectivity index (χ1n) is 3.63. The summed E-state index contributed by atoms with van der Waals surface area (Å²) < 4.78 is 0. The van der Waals surface area contributed by atoms with Gasteiger partial charge in [-0.15, -0.1) is 0 Å². The molecular formula is C8H6N2O3. The number of aromatic nitrogens is 1. The van der Waals surface area contributed by atoms with Gasteiger partial charge >= 0.3 is 0 Å². The Morgan fingerprint density at radius 3 is 2.92 bits per heavy atom. The second-order valence-electron chi connectivity index (χ2n) is 2.66. The number of hydrogen-bond acceptors (Lipinski definition) is 3. The second kappa shape index (κ2) is 2.48. The number of rotatable bonds is 1. The van der Waals surface area contributed by atoms with Gasteiger partial charge < -0.3 is 10.1 Å². The van der Waals surface area contributed by atoms with Crippen molar-refractivity contribution in [3.8, 4) is 5.75 Å². The Morgan fingerprint density at radius 2 is 2.23 bits per heavy atom. The molecule has 5 heteroatoms. The zero-order chi connectivity index (χ0) is 9.42. The van der Waals surface area contributed by atoms with E-state index >= 15 is 0 Å². The van der Waals surface area contributed by atoms with Crippen LogP contribution in [0.25, 0.3) is 10.9 Å². The van der Waals surface area contributed by atoms with Crippen molar-refractivity contribution in [3.63, 3.8) is 0 Å². The van der Waals surface area contributed by atoms with Gasteiger partial charge in [0.1, 0.15) is 5.75 Å². The molecule has 0 fully saturated rings. The Morgan fingerprint density at radius 1 is 1.46 bits per heavy atom. The Kier molecular flexibility index (Phi) is 1.45. The fourth-order valence-electron chi connectivity index (χ4n) is 1.25. The summed E-state index contributed by atoms with van der Waals surface area (Å²) in [6.07, 6.45) is 1.31. The van der Waals surface area contributed by atoms with Crippen molar-refractivity contribution >= 4 is 16.6 Å². The highest BCUT2D eigenvalue weighted by molar-refractivity contribution is 5.89. The van der Waals surface area contributed by atoms with Crippen molar-refractivity contribution < 1.29 is 10.0 Å². The average Bonchev–Trinajstić information content (AvgIpc) is 2.46. The molecule has 0 bridgehead atoms. The van der Waals surface area contributed by atoms with Crippen LogP contribution in [-0.2, 0) is 0 Å². The number of H-pyrrole nitrogens is 1. The highest BCUT2D eigenvalue weighted by atomic mass is 16.6. The molecule has 0 radical (unpaired) electrons. The number of aromatic amines is 1. The number of nitrogens with zero attached hydrogens (tertiary/aromatic N) is 1. The summed E-state index contributed by atoms with van der Waals surface area (Å²) in [5.74, 6) is 0.0873. The molecule has 0 saturated carbocycles. The molecule has 2 aromatic rings. The monoisotopic (exact) mass is 178 g/mol. The third-order valence-corrected chi connectivity index (χ3v) is 1.84. The molecule has 1 aromatic heterocycles. The molecule has 2 N–H and O–H groups in total. The maximum Gasteiger partial charge on any atom is 0.294 e. The van der Waals surface area contributed by atoms with Crippen LogP contribution in [0.4, 0.5) is 5.69 Å². The van der Waals surface area contributed by atoms with Gasteiger partial charge in [-0.3, -0.25) is 10.1 Å². The zero-order valence-corrected chi connectivity index (χ0v) is 6.52. The van der Waals surface area contributed by atoms with Crippen molar-refractivity contribution in [2.75, 3.05) is 0 Å². The van der Waals surface area contributed by atoms with Crippen LogP contribution < -0.4 is 0 Å². The molecular weight excluding hydrogens is 172 g/mol.